The summed E-state index contributed by atoms with van der Waals surface area (Å²) in [5.74, 6) is 0.102. The number of nitrogens with zero attached hydrogens (tertiary/aromatic N) is 3. The summed E-state index contributed by atoms with van der Waals surface area (Å²) >= 11 is 0. The second-order valence-corrected chi connectivity index (χ2v) is 4.66. The second-order valence-electron chi connectivity index (χ2n) is 4.66. The Balaban J connectivity index is 1.67. The molecule has 0 unspecified atom stereocenters. The maximum atomic E-state index is 12.2. The van der Waals surface area contributed by atoms with Gasteiger partial charge in [0.1, 0.15) is 5.69 Å². The number of hydrazine groups is 1. The normalized spacial score (nSPS) is 10.2. The van der Waals surface area contributed by atoms with Crippen molar-refractivity contribution in [3.05, 3.63) is 78.4 Å². The van der Waals surface area contributed by atoms with E-state index in [-0.39, 0.29) is 5.91 Å². The highest BCUT2D eigenvalue weighted by atomic mass is 16.2. The van der Waals surface area contributed by atoms with Gasteiger partial charge in [0.25, 0.3) is 5.91 Å². The minimum atomic E-state index is -0.242. The standard InChI is InChI=1S/C16H15N5O/c22-15(19-20-16-17-9-5-10-18-16)14-8-4-11-21(14)12-13-6-2-1-3-7-13/h1-11H,12H2,(H,19,22)(H,17,18,20). The van der Waals surface area contributed by atoms with Crippen LogP contribution in [-0.4, -0.2) is 20.4 Å². The number of hydrogen-bond donors (Lipinski definition) is 2. The van der Waals surface area contributed by atoms with Gasteiger partial charge in [-0.15, -0.1) is 0 Å². The topological polar surface area (TPSA) is 71.8 Å². The Labute approximate surface area is 127 Å². The molecule has 2 heterocycles. The van der Waals surface area contributed by atoms with Crippen molar-refractivity contribution in [3.63, 3.8) is 0 Å². The summed E-state index contributed by atoms with van der Waals surface area (Å²) in [5, 5.41) is 0. The lowest BCUT2D eigenvalue weighted by molar-refractivity contribution is 0.0953. The molecule has 6 heteroatoms. The Morgan fingerprint density at radius 1 is 1.00 bits per heavy atom. The Morgan fingerprint density at radius 2 is 1.77 bits per heavy atom. The highest BCUT2D eigenvalue weighted by molar-refractivity contribution is 5.93. The Kier molecular flexibility index (Phi) is 4.10. The van der Waals surface area contributed by atoms with Crippen LogP contribution < -0.4 is 10.9 Å². The first kappa shape index (κ1) is 13.8. The maximum absolute atomic E-state index is 12.2. The lowest BCUT2D eigenvalue weighted by Gasteiger charge is -2.10. The van der Waals surface area contributed by atoms with Gasteiger partial charge < -0.3 is 4.57 Å². The van der Waals surface area contributed by atoms with Gasteiger partial charge in [0, 0.05) is 25.1 Å². The smallest absolute Gasteiger partial charge is 0.286 e. The molecular formula is C16H15N5O. The molecule has 0 bridgehead atoms. The summed E-state index contributed by atoms with van der Waals surface area (Å²) in [6, 6.07) is 15.3. The summed E-state index contributed by atoms with van der Waals surface area (Å²) in [7, 11) is 0. The highest BCUT2D eigenvalue weighted by Gasteiger charge is 2.11. The van der Waals surface area contributed by atoms with Crippen LogP contribution in [0.15, 0.2) is 67.1 Å². The molecular weight excluding hydrogens is 278 g/mol. The molecule has 0 radical (unpaired) electrons. The van der Waals surface area contributed by atoms with Crippen molar-refractivity contribution >= 4 is 11.9 Å². The largest absolute Gasteiger partial charge is 0.339 e. The van der Waals surface area contributed by atoms with E-state index in [1.54, 1.807) is 24.5 Å². The molecule has 6 nitrogen and oxygen atoms in total. The van der Waals surface area contributed by atoms with Crippen molar-refractivity contribution in [1.82, 2.24) is 20.0 Å². The van der Waals surface area contributed by atoms with Crippen molar-refractivity contribution in [2.75, 3.05) is 5.43 Å². The fourth-order valence-corrected chi connectivity index (χ4v) is 2.08. The van der Waals surface area contributed by atoms with Crippen LogP contribution in [0.1, 0.15) is 16.1 Å². The SMILES string of the molecule is O=C(NNc1ncccn1)c1cccn1Cc1ccccc1. The van der Waals surface area contributed by atoms with Gasteiger partial charge in [-0.2, -0.15) is 0 Å². The predicted molar refractivity (Wildman–Crippen MR) is 83.1 cm³/mol. The maximum Gasteiger partial charge on any atom is 0.286 e. The van der Waals surface area contributed by atoms with E-state index in [9.17, 15) is 4.79 Å². The third-order valence-corrected chi connectivity index (χ3v) is 3.11. The Bertz CT molecular complexity index is 739. The lowest BCUT2D eigenvalue weighted by atomic mass is 10.2. The molecule has 0 fully saturated rings. The number of aromatic nitrogens is 3. The van der Waals surface area contributed by atoms with Gasteiger partial charge in [-0.1, -0.05) is 30.3 Å². The molecule has 0 saturated heterocycles. The van der Waals surface area contributed by atoms with Gasteiger partial charge in [0.15, 0.2) is 0 Å². The number of benzene rings is 1. The van der Waals surface area contributed by atoms with E-state index in [1.807, 2.05) is 47.2 Å². The van der Waals surface area contributed by atoms with Crippen molar-refractivity contribution < 1.29 is 4.79 Å². The third-order valence-electron chi connectivity index (χ3n) is 3.11. The van der Waals surface area contributed by atoms with Crippen LogP contribution in [0.2, 0.25) is 0 Å². The average molecular weight is 293 g/mol. The molecule has 0 aliphatic carbocycles. The molecule has 0 atom stereocenters. The number of nitrogens with one attached hydrogen (secondary N) is 2. The van der Waals surface area contributed by atoms with Crippen molar-refractivity contribution in [2.45, 2.75) is 6.54 Å². The minimum absolute atomic E-state index is 0.242. The van der Waals surface area contributed by atoms with Crippen LogP contribution in [0.3, 0.4) is 0 Å². The van der Waals surface area contributed by atoms with E-state index in [1.165, 1.54) is 0 Å². The molecule has 2 N–H and O–H groups in total. The molecule has 1 amide bonds. The van der Waals surface area contributed by atoms with Crippen LogP contribution >= 0.6 is 0 Å². The van der Waals surface area contributed by atoms with E-state index in [2.05, 4.69) is 20.8 Å². The first-order valence-corrected chi connectivity index (χ1v) is 6.85. The van der Waals surface area contributed by atoms with Gasteiger partial charge in [-0.25, -0.2) is 9.97 Å². The molecule has 0 saturated carbocycles. The van der Waals surface area contributed by atoms with Crippen molar-refractivity contribution in [2.24, 2.45) is 0 Å². The number of hydrogen-bond acceptors (Lipinski definition) is 4. The van der Waals surface area contributed by atoms with E-state index >= 15 is 0 Å². The number of carbonyl (C=O) groups is 1. The van der Waals surface area contributed by atoms with Crippen LogP contribution in [0, 0.1) is 0 Å². The minimum Gasteiger partial charge on any atom is -0.339 e. The van der Waals surface area contributed by atoms with Crippen LogP contribution in [0.25, 0.3) is 0 Å². The fourth-order valence-electron chi connectivity index (χ4n) is 2.08. The fraction of sp³-hybridized carbons (Fsp3) is 0.0625. The van der Waals surface area contributed by atoms with Gasteiger partial charge in [0.05, 0.1) is 0 Å². The zero-order chi connectivity index (χ0) is 15.2. The van der Waals surface area contributed by atoms with Crippen LogP contribution in [-0.2, 0) is 6.54 Å². The molecule has 1 aromatic carbocycles. The number of carbonyl (C=O) groups excluding carboxylic acids is 1. The Morgan fingerprint density at radius 3 is 2.55 bits per heavy atom. The molecule has 110 valence electrons. The van der Waals surface area contributed by atoms with E-state index in [0.29, 0.717) is 18.2 Å². The average Bonchev–Trinajstić information content (AvgIpc) is 3.03. The van der Waals surface area contributed by atoms with Gasteiger partial charge in [-0.3, -0.25) is 15.6 Å². The van der Waals surface area contributed by atoms with Crippen molar-refractivity contribution in [3.8, 4) is 0 Å². The highest BCUT2D eigenvalue weighted by Crippen LogP contribution is 2.08. The summed E-state index contributed by atoms with van der Waals surface area (Å²) in [5.41, 5.74) is 6.98. The Hall–Kier alpha value is -3.15. The molecule has 0 aliphatic rings. The monoisotopic (exact) mass is 293 g/mol. The molecule has 0 spiro atoms. The summed E-state index contributed by atoms with van der Waals surface area (Å²) in [6.07, 6.45) is 5.07. The first-order valence-electron chi connectivity index (χ1n) is 6.85. The lowest BCUT2D eigenvalue weighted by Crippen LogP contribution is -2.31. The summed E-state index contributed by atoms with van der Waals surface area (Å²) in [4.78, 5) is 20.2. The first-order chi connectivity index (χ1) is 10.8. The molecule has 3 rings (SSSR count). The summed E-state index contributed by atoms with van der Waals surface area (Å²) < 4.78 is 1.89. The molecule has 3 aromatic rings. The van der Waals surface area contributed by atoms with Gasteiger partial charge >= 0.3 is 0 Å². The molecule has 22 heavy (non-hydrogen) atoms. The van der Waals surface area contributed by atoms with Crippen LogP contribution in [0.4, 0.5) is 5.95 Å². The zero-order valence-corrected chi connectivity index (χ0v) is 11.8. The number of rotatable bonds is 5. The second kappa shape index (κ2) is 6.53. The van der Waals surface area contributed by atoms with Gasteiger partial charge in [0.2, 0.25) is 5.95 Å². The van der Waals surface area contributed by atoms with Gasteiger partial charge in [-0.05, 0) is 23.8 Å². The number of anilines is 1. The zero-order valence-electron chi connectivity index (χ0n) is 11.8. The van der Waals surface area contributed by atoms with Crippen LogP contribution in [0.5, 0.6) is 0 Å². The van der Waals surface area contributed by atoms with E-state index < -0.39 is 0 Å². The third kappa shape index (κ3) is 3.29. The predicted octanol–water partition coefficient (Wildman–Crippen LogP) is 2.08. The quantitative estimate of drug-likeness (QED) is 0.707. The molecule has 2 aromatic heterocycles. The number of amides is 1. The van der Waals surface area contributed by atoms with E-state index in [0.717, 1.165) is 5.56 Å². The summed E-state index contributed by atoms with van der Waals surface area (Å²) in [6.45, 7) is 0.637. The van der Waals surface area contributed by atoms with E-state index in [4.69, 9.17) is 0 Å². The van der Waals surface area contributed by atoms with Crippen molar-refractivity contribution in [1.29, 1.82) is 0 Å². The molecule has 0 aliphatic heterocycles.